The molecule has 0 bridgehead atoms. The van der Waals surface area contributed by atoms with Crippen molar-refractivity contribution in [3.63, 3.8) is 0 Å². The summed E-state index contributed by atoms with van der Waals surface area (Å²) in [6.45, 7) is 3.09. The van der Waals surface area contributed by atoms with Gasteiger partial charge < -0.3 is 10.1 Å². The van der Waals surface area contributed by atoms with Gasteiger partial charge >= 0.3 is 0 Å². The first-order chi connectivity index (χ1) is 14.0. The molecule has 0 aliphatic carbocycles. The number of ether oxygens (including phenoxy) is 1. The maximum Gasteiger partial charge on any atom is 0.246 e. The van der Waals surface area contributed by atoms with Gasteiger partial charge in [0.1, 0.15) is 22.8 Å². The average molecular weight is 413 g/mol. The van der Waals surface area contributed by atoms with Gasteiger partial charge in [-0.15, -0.1) is 0 Å². The van der Waals surface area contributed by atoms with Crippen LogP contribution in [-0.2, 0) is 10.0 Å². The highest BCUT2D eigenvalue weighted by Crippen LogP contribution is 2.33. The lowest BCUT2D eigenvalue weighted by Gasteiger charge is -2.26. The Balaban J connectivity index is 1.73. The number of hydrogen-bond acceptors (Lipinski definition) is 6. The van der Waals surface area contributed by atoms with Crippen LogP contribution in [0.4, 0.5) is 11.5 Å². The Hall–Kier alpha value is -2.71. The fourth-order valence-corrected chi connectivity index (χ4v) is 5.31. The smallest absolute Gasteiger partial charge is 0.246 e. The second kappa shape index (κ2) is 7.96. The summed E-state index contributed by atoms with van der Waals surface area (Å²) in [4.78, 5) is 8.82. The zero-order chi connectivity index (χ0) is 20.4. The molecule has 2 aromatic carbocycles. The van der Waals surface area contributed by atoms with E-state index in [2.05, 4.69) is 15.3 Å². The zero-order valence-electron chi connectivity index (χ0n) is 16.6. The predicted molar refractivity (Wildman–Crippen MR) is 113 cm³/mol. The molecule has 8 heteroatoms. The van der Waals surface area contributed by atoms with Crippen molar-refractivity contribution in [2.24, 2.45) is 0 Å². The fraction of sp³-hybridized carbons (Fsp3) is 0.333. The van der Waals surface area contributed by atoms with Crippen LogP contribution in [0.3, 0.4) is 0 Å². The van der Waals surface area contributed by atoms with Crippen LogP contribution in [0.1, 0.15) is 24.8 Å². The average Bonchev–Trinajstić information content (AvgIpc) is 2.75. The Morgan fingerprint density at radius 2 is 1.83 bits per heavy atom. The Morgan fingerprint density at radius 3 is 2.59 bits per heavy atom. The van der Waals surface area contributed by atoms with E-state index < -0.39 is 10.0 Å². The molecule has 7 nitrogen and oxygen atoms in total. The minimum atomic E-state index is -3.63. The van der Waals surface area contributed by atoms with Crippen molar-refractivity contribution in [3.05, 3.63) is 48.3 Å². The van der Waals surface area contributed by atoms with Crippen LogP contribution in [-0.4, -0.2) is 42.9 Å². The minimum Gasteiger partial charge on any atom is -0.495 e. The van der Waals surface area contributed by atoms with Gasteiger partial charge in [-0.2, -0.15) is 4.31 Å². The number of aromatic nitrogens is 2. The molecule has 0 unspecified atom stereocenters. The van der Waals surface area contributed by atoms with Gasteiger partial charge in [-0.05, 0) is 50.1 Å². The van der Waals surface area contributed by atoms with Gasteiger partial charge in [-0.1, -0.05) is 18.1 Å². The zero-order valence-corrected chi connectivity index (χ0v) is 17.4. The molecule has 29 heavy (non-hydrogen) atoms. The Kier molecular flexibility index (Phi) is 5.38. The molecule has 1 N–H and O–H groups in total. The number of anilines is 2. The predicted octanol–water partition coefficient (Wildman–Crippen LogP) is 3.87. The molecule has 0 radical (unpaired) electrons. The SMILES string of the molecule is COc1ccc(Nc2ncnc3ccc(C)cc23)cc1S(=O)(=O)N1CCCCC1. The van der Waals surface area contributed by atoms with E-state index in [4.69, 9.17) is 4.74 Å². The molecule has 1 saturated heterocycles. The summed E-state index contributed by atoms with van der Waals surface area (Å²) >= 11 is 0. The van der Waals surface area contributed by atoms with E-state index >= 15 is 0 Å². The molecule has 1 aromatic heterocycles. The van der Waals surface area contributed by atoms with Gasteiger partial charge in [0.05, 0.1) is 12.6 Å². The van der Waals surface area contributed by atoms with Crippen LogP contribution in [0.15, 0.2) is 47.6 Å². The molecular weight excluding hydrogens is 388 g/mol. The molecule has 152 valence electrons. The van der Waals surface area contributed by atoms with Crippen molar-refractivity contribution in [2.75, 3.05) is 25.5 Å². The van der Waals surface area contributed by atoms with Crippen LogP contribution in [0.5, 0.6) is 5.75 Å². The van der Waals surface area contributed by atoms with Gasteiger partial charge in [0.25, 0.3) is 0 Å². The van der Waals surface area contributed by atoms with Crippen molar-refractivity contribution in [3.8, 4) is 5.75 Å². The van der Waals surface area contributed by atoms with E-state index in [1.54, 1.807) is 22.5 Å². The molecule has 0 saturated carbocycles. The first kappa shape index (κ1) is 19.6. The molecule has 0 spiro atoms. The molecule has 1 fully saturated rings. The summed E-state index contributed by atoms with van der Waals surface area (Å²) in [5.74, 6) is 0.967. The number of piperidine rings is 1. The van der Waals surface area contributed by atoms with Crippen molar-refractivity contribution in [1.29, 1.82) is 0 Å². The number of sulfonamides is 1. The first-order valence-corrected chi connectivity index (χ1v) is 11.1. The highest BCUT2D eigenvalue weighted by atomic mass is 32.2. The normalized spacial score (nSPS) is 15.4. The second-order valence-electron chi connectivity index (χ2n) is 7.20. The van der Waals surface area contributed by atoms with E-state index in [9.17, 15) is 8.42 Å². The number of nitrogens with zero attached hydrogens (tertiary/aromatic N) is 3. The fourth-order valence-electron chi connectivity index (χ4n) is 3.61. The third kappa shape index (κ3) is 3.90. The number of nitrogens with one attached hydrogen (secondary N) is 1. The van der Waals surface area contributed by atoms with Gasteiger partial charge in [0.15, 0.2) is 0 Å². The van der Waals surface area contributed by atoms with Gasteiger partial charge in [-0.25, -0.2) is 18.4 Å². The minimum absolute atomic E-state index is 0.168. The van der Waals surface area contributed by atoms with Gasteiger partial charge in [0.2, 0.25) is 10.0 Å². The van der Waals surface area contributed by atoms with Crippen LogP contribution in [0.2, 0.25) is 0 Å². The maximum atomic E-state index is 13.2. The summed E-state index contributed by atoms with van der Waals surface area (Å²) in [6.07, 6.45) is 4.32. The van der Waals surface area contributed by atoms with E-state index in [1.807, 2.05) is 25.1 Å². The molecule has 1 aliphatic heterocycles. The van der Waals surface area contributed by atoms with Crippen molar-refractivity contribution in [2.45, 2.75) is 31.1 Å². The summed E-state index contributed by atoms with van der Waals surface area (Å²) in [5.41, 5.74) is 2.55. The van der Waals surface area contributed by atoms with E-state index in [1.165, 1.54) is 13.4 Å². The quantitative estimate of drug-likeness (QED) is 0.685. The summed E-state index contributed by atoms with van der Waals surface area (Å²) in [7, 11) is -2.15. The van der Waals surface area contributed by atoms with Gasteiger partial charge in [-0.3, -0.25) is 0 Å². The third-order valence-electron chi connectivity index (χ3n) is 5.15. The van der Waals surface area contributed by atoms with Crippen molar-refractivity contribution < 1.29 is 13.2 Å². The molecule has 0 atom stereocenters. The highest BCUT2D eigenvalue weighted by Gasteiger charge is 2.29. The second-order valence-corrected chi connectivity index (χ2v) is 9.10. The summed E-state index contributed by atoms with van der Waals surface area (Å²) < 4.78 is 33.3. The number of benzene rings is 2. The topological polar surface area (TPSA) is 84.4 Å². The van der Waals surface area contributed by atoms with E-state index in [-0.39, 0.29) is 4.90 Å². The van der Waals surface area contributed by atoms with Crippen molar-refractivity contribution in [1.82, 2.24) is 14.3 Å². The Morgan fingerprint density at radius 1 is 1.03 bits per heavy atom. The lowest BCUT2D eigenvalue weighted by molar-refractivity contribution is 0.343. The van der Waals surface area contributed by atoms with Crippen LogP contribution >= 0.6 is 0 Å². The molecular formula is C21H24N4O3S. The number of hydrogen-bond donors (Lipinski definition) is 1. The number of aryl methyl sites for hydroxylation is 1. The summed E-state index contributed by atoms with van der Waals surface area (Å²) in [5, 5.41) is 4.13. The molecule has 1 aliphatic rings. The maximum absolute atomic E-state index is 13.2. The molecule has 3 aromatic rings. The van der Waals surface area contributed by atoms with Gasteiger partial charge in [0, 0.05) is 24.2 Å². The van der Waals surface area contributed by atoms with Crippen LogP contribution in [0, 0.1) is 6.92 Å². The van der Waals surface area contributed by atoms with Crippen LogP contribution < -0.4 is 10.1 Å². The van der Waals surface area contributed by atoms with E-state index in [0.717, 1.165) is 35.7 Å². The number of fused-ring (bicyclic) bond motifs is 1. The number of methoxy groups -OCH3 is 1. The molecule has 2 heterocycles. The number of rotatable bonds is 5. The van der Waals surface area contributed by atoms with E-state index in [0.29, 0.717) is 30.3 Å². The first-order valence-electron chi connectivity index (χ1n) is 9.65. The lowest BCUT2D eigenvalue weighted by atomic mass is 10.1. The highest BCUT2D eigenvalue weighted by molar-refractivity contribution is 7.89. The monoisotopic (exact) mass is 412 g/mol. The lowest BCUT2D eigenvalue weighted by Crippen LogP contribution is -2.35. The molecule has 0 amide bonds. The largest absolute Gasteiger partial charge is 0.495 e. The standard InChI is InChI=1S/C21H24N4O3S/c1-15-6-8-18-17(12-15)21(23-14-22-18)24-16-7-9-19(28-2)20(13-16)29(26,27)25-10-4-3-5-11-25/h6-9,12-14H,3-5,10-11H2,1-2H3,(H,22,23,24). The summed E-state index contributed by atoms with van der Waals surface area (Å²) in [6, 6.07) is 11.0. The van der Waals surface area contributed by atoms with Crippen LogP contribution in [0.25, 0.3) is 10.9 Å². The van der Waals surface area contributed by atoms with Crippen molar-refractivity contribution >= 4 is 32.4 Å². The molecule has 4 rings (SSSR count). The third-order valence-corrected chi connectivity index (χ3v) is 7.07. The Labute approximate surface area is 170 Å². The Bertz CT molecular complexity index is 1140.